The van der Waals surface area contributed by atoms with E-state index in [0.29, 0.717) is 0 Å². The molecular weight excluding hydrogens is 246 g/mol. The third-order valence-corrected chi connectivity index (χ3v) is 2.39. The summed E-state index contributed by atoms with van der Waals surface area (Å²) in [6, 6.07) is 9.45. The van der Waals surface area contributed by atoms with Gasteiger partial charge in [0.05, 0.1) is 11.3 Å². The molecule has 94 valence electrons. The van der Waals surface area contributed by atoms with Crippen LogP contribution in [0.15, 0.2) is 36.5 Å². The first-order chi connectivity index (χ1) is 9.13. The van der Waals surface area contributed by atoms with Crippen LogP contribution >= 0.6 is 0 Å². The number of nitriles is 1. The molecule has 1 heterocycles. The van der Waals surface area contributed by atoms with Crippen molar-refractivity contribution in [1.29, 1.82) is 5.26 Å². The number of nitrogens with two attached hydrogens (primary N) is 1. The third kappa shape index (κ3) is 2.45. The fraction of sp³-hybridized carbons (Fsp3) is 0. The Morgan fingerprint density at radius 3 is 2.84 bits per heavy atom. The molecule has 0 aliphatic rings. The number of carboxylic acid groups (broad SMARTS) is 1. The normalized spacial score (nSPS) is 9.63. The second kappa shape index (κ2) is 5.06. The van der Waals surface area contributed by atoms with Crippen molar-refractivity contribution in [3.63, 3.8) is 0 Å². The van der Waals surface area contributed by atoms with Crippen LogP contribution in [0.3, 0.4) is 0 Å². The van der Waals surface area contributed by atoms with Crippen molar-refractivity contribution in [2.45, 2.75) is 0 Å². The summed E-state index contributed by atoms with van der Waals surface area (Å²) in [5.74, 6) is -0.918. The third-order valence-electron chi connectivity index (χ3n) is 2.39. The quantitative estimate of drug-likeness (QED) is 0.812. The highest BCUT2D eigenvalue weighted by molar-refractivity contribution is 5.95. The Kier molecular flexibility index (Phi) is 3.30. The van der Waals surface area contributed by atoms with Gasteiger partial charge in [0.15, 0.2) is 5.75 Å². The van der Waals surface area contributed by atoms with Gasteiger partial charge >= 0.3 is 5.97 Å². The molecular formula is C13H9N3O3. The Balaban J connectivity index is 2.42. The lowest BCUT2D eigenvalue weighted by molar-refractivity contribution is 0.0697. The van der Waals surface area contributed by atoms with Gasteiger partial charge in [0.2, 0.25) is 5.88 Å². The summed E-state index contributed by atoms with van der Waals surface area (Å²) in [5.41, 5.74) is 5.87. The number of ether oxygens (including phenoxy) is 1. The predicted molar refractivity (Wildman–Crippen MR) is 66.8 cm³/mol. The molecule has 2 rings (SSSR count). The van der Waals surface area contributed by atoms with Crippen LogP contribution in [0, 0.1) is 11.3 Å². The lowest BCUT2D eigenvalue weighted by atomic mass is 10.1. The van der Waals surface area contributed by atoms with Gasteiger partial charge in [-0.3, -0.25) is 0 Å². The van der Waals surface area contributed by atoms with E-state index in [9.17, 15) is 4.79 Å². The second-order valence-electron chi connectivity index (χ2n) is 3.59. The molecule has 0 amide bonds. The Labute approximate surface area is 108 Å². The van der Waals surface area contributed by atoms with Gasteiger partial charge in [-0.1, -0.05) is 6.07 Å². The van der Waals surface area contributed by atoms with Crippen molar-refractivity contribution in [2.75, 3.05) is 5.73 Å². The SMILES string of the molecule is N#Cc1cccnc1Oc1cccc(C(=O)O)c1N. The fourth-order valence-corrected chi connectivity index (χ4v) is 1.48. The van der Waals surface area contributed by atoms with Gasteiger partial charge in [-0.25, -0.2) is 9.78 Å². The molecule has 3 N–H and O–H groups in total. The van der Waals surface area contributed by atoms with Crippen molar-refractivity contribution in [3.05, 3.63) is 47.7 Å². The number of aromatic carboxylic acids is 1. The Bertz CT molecular complexity index is 677. The van der Waals surface area contributed by atoms with Crippen LogP contribution < -0.4 is 10.5 Å². The maximum Gasteiger partial charge on any atom is 0.337 e. The van der Waals surface area contributed by atoms with Gasteiger partial charge in [0.25, 0.3) is 0 Å². The van der Waals surface area contributed by atoms with Gasteiger partial charge in [0, 0.05) is 6.20 Å². The average molecular weight is 255 g/mol. The maximum absolute atomic E-state index is 10.9. The number of nitrogen functional groups attached to an aromatic ring is 1. The number of aromatic nitrogens is 1. The van der Waals surface area contributed by atoms with Crippen molar-refractivity contribution >= 4 is 11.7 Å². The van der Waals surface area contributed by atoms with E-state index in [1.807, 2.05) is 6.07 Å². The molecule has 0 bridgehead atoms. The Morgan fingerprint density at radius 2 is 2.16 bits per heavy atom. The first-order valence-corrected chi connectivity index (χ1v) is 5.28. The number of anilines is 1. The summed E-state index contributed by atoms with van der Waals surface area (Å²) in [4.78, 5) is 14.9. The largest absolute Gasteiger partial charge is 0.478 e. The summed E-state index contributed by atoms with van der Waals surface area (Å²) in [6.45, 7) is 0. The topological polar surface area (TPSA) is 109 Å². The molecule has 1 aromatic carbocycles. The highest BCUT2D eigenvalue weighted by atomic mass is 16.5. The highest BCUT2D eigenvalue weighted by Crippen LogP contribution is 2.30. The molecule has 0 fully saturated rings. The van der Waals surface area contributed by atoms with E-state index in [1.165, 1.54) is 24.4 Å². The molecule has 6 heteroatoms. The highest BCUT2D eigenvalue weighted by Gasteiger charge is 2.14. The van der Waals surface area contributed by atoms with E-state index < -0.39 is 5.97 Å². The summed E-state index contributed by atoms with van der Waals surface area (Å²) in [5, 5.41) is 17.9. The van der Waals surface area contributed by atoms with Crippen LogP contribution in [0.4, 0.5) is 5.69 Å². The van der Waals surface area contributed by atoms with Crippen LogP contribution in [-0.2, 0) is 0 Å². The number of carboxylic acids is 1. The zero-order valence-corrected chi connectivity index (χ0v) is 9.70. The second-order valence-corrected chi connectivity index (χ2v) is 3.59. The van der Waals surface area contributed by atoms with E-state index in [4.69, 9.17) is 20.8 Å². The van der Waals surface area contributed by atoms with E-state index in [1.54, 1.807) is 12.1 Å². The monoisotopic (exact) mass is 255 g/mol. The molecule has 0 radical (unpaired) electrons. The number of hydrogen-bond donors (Lipinski definition) is 2. The Hall–Kier alpha value is -3.07. The maximum atomic E-state index is 10.9. The van der Waals surface area contributed by atoms with Gasteiger partial charge in [-0.05, 0) is 24.3 Å². The van der Waals surface area contributed by atoms with Crippen molar-refractivity contribution in [2.24, 2.45) is 0 Å². The zero-order valence-electron chi connectivity index (χ0n) is 9.70. The Morgan fingerprint density at radius 1 is 1.37 bits per heavy atom. The first-order valence-electron chi connectivity index (χ1n) is 5.28. The minimum Gasteiger partial charge on any atom is -0.478 e. The number of para-hydroxylation sites is 1. The molecule has 6 nitrogen and oxygen atoms in total. The van der Waals surface area contributed by atoms with Gasteiger partial charge in [0.1, 0.15) is 11.6 Å². The minimum atomic E-state index is -1.15. The average Bonchev–Trinajstić information content (AvgIpc) is 2.41. The lowest BCUT2D eigenvalue weighted by Gasteiger charge is -2.09. The summed E-state index contributed by atoms with van der Waals surface area (Å²) in [7, 11) is 0. The molecule has 0 aliphatic heterocycles. The minimum absolute atomic E-state index is 0.00968. The van der Waals surface area contributed by atoms with E-state index >= 15 is 0 Å². The molecule has 0 unspecified atom stereocenters. The molecule has 0 saturated heterocycles. The molecule has 0 saturated carbocycles. The number of benzene rings is 1. The predicted octanol–water partition coefficient (Wildman–Crippen LogP) is 2.03. The molecule has 19 heavy (non-hydrogen) atoms. The van der Waals surface area contributed by atoms with Crippen LogP contribution in [0.25, 0.3) is 0 Å². The molecule has 0 aliphatic carbocycles. The number of pyridine rings is 1. The molecule has 1 aromatic heterocycles. The number of rotatable bonds is 3. The number of nitrogens with zero attached hydrogens (tertiary/aromatic N) is 2. The van der Waals surface area contributed by atoms with E-state index in [2.05, 4.69) is 4.98 Å². The van der Waals surface area contributed by atoms with Crippen LogP contribution in [0.5, 0.6) is 11.6 Å². The molecule has 2 aromatic rings. The van der Waals surface area contributed by atoms with Crippen LogP contribution in [0.2, 0.25) is 0 Å². The number of carbonyl (C=O) groups is 1. The van der Waals surface area contributed by atoms with Crippen molar-refractivity contribution in [3.8, 4) is 17.7 Å². The van der Waals surface area contributed by atoms with E-state index in [-0.39, 0.29) is 28.4 Å². The summed E-state index contributed by atoms with van der Waals surface area (Å²) < 4.78 is 5.40. The van der Waals surface area contributed by atoms with Crippen molar-refractivity contribution in [1.82, 2.24) is 4.98 Å². The standard InChI is InChI=1S/C13H9N3O3/c14-7-8-3-2-6-16-12(8)19-10-5-1-4-9(11(10)15)13(17)18/h1-6H,15H2,(H,17,18). The molecule has 0 atom stereocenters. The zero-order chi connectivity index (χ0) is 13.8. The van der Waals surface area contributed by atoms with Gasteiger partial charge in [-0.2, -0.15) is 5.26 Å². The first kappa shape index (κ1) is 12.4. The van der Waals surface area contributed by atoms with Gasteiger partial charge in [-0.15, -0.1) is 0 Å². The summed E-state index contributed by atoms with van der Waals surface area (Å²) >= 11 is 0. The van der Waals surface area contributed by atoms with Crippen molar-refractivity contribution < 1.29 is 14.6 Å². The lowest BCUT2D eigenvalue weighted by Crippen LogP contribution is -2.04. The number of hydrogen-bond acceptors (Lipinski definition) is 5. The molecule has 0 spiro atoms. The van der Waals surface area contributed by atoms with Crippen LogP contribution in [-0.4, -0.2) is 16.1 Å². The van der Waals surface area contributed by atoms with Gasteiger partial charge < -0.3 is 15.6 Å². The summed E-state index contributed by atoms with van der Waals surface area (Å²) in [6.07, 6.45) is 1.47. The van der Waals surface area contributed by atoms with Crippen LogP contribution in [0.1, 0.15) is 15.9 Å². The van der Waals surface area contributed by atoms with E-state index in [0.717, 1.165) is 0 Å². The fourth-order valence-electron chi connectivity index (χ4n) is 1.48. The smallest absolute Gasteiger partial charge is 0.337 e.